The molecule has 27 heavy (non-hydrogen) atoms. The molecule has 0 radical (unpaired) electrons. The lowest BCUT2D eigenvalue weighted by atomic mass is 9.81. The van der Waals surface area contributed by atoms with Gasteiger partial charge < -0.3 is 10.1 Å². The molecule has 0 spiro atoms. The number of anilines is 1. The maximum absolute atomic E-state index is 13.5. The fraction of sp³-hybridized carbons (Fsp3) is 0.429. The van der Waals surface area contributed by atoms with Crippen molar-refractivity contribution in [2.45, 2.75) is 25.8 Å². The molecule has 142 valence electrons. The number of pyridine rings is 1. The molecule has 1 fully saturated rings. The third-order valence-corrected chi connectivity index (χ3v) is 5.50. The molecule has 2 atom stereocenters. The number of benzene rings is 1. The number of likely N-dealkylation sites (tertiary alicyclic amines) is 1. The first kappa shape index (κ1) is 17.9. The zero-order valence-electron chi connectivity index (χ0n) is 15.2. The number of nitrogens with one attached hydrogen (secondary N) is 1. The molecule has 2 aliphatic rings. The van der Waals surface area contributed by atoms with Crippen molar-refractivity contribution in [3.8, 4) is 5.75 Å². The Morgan fingerprint density at radius 1 is 1.22 bits per heavy atom. The number of rotatable bonds is 2. The summed E-state index contributed by atoms with van der Waals surface area (Å²) in [6.07, 6.45) is 4.15. The minimum atomic E-state index is -0.379. The molecule has 0 bridgehead atoms. The number of hydrogen-bond acceptors (Lipinski definition) is 4. The Bertz CT molecular complexity index is 799. The van der Waals surface area contributed by atoms with Crippen molar-refractivity contribution >= 4 is 11.6 Å². The van der Waals surface area contributed by atoms with Gasteiger partial charge in [0.15, 0.2) is 0 Å². The van der Waals surface area contributed by atoms with E-state index in [0.29, 0.717) is 36.3 Å². The Morgan fingerprint density at radius 3 is 3.00 bits per heavy atom. The van der Waals surface area contributed by atoms with Gasteiger partial charge in [0.25, 0.3) is 0 Å². The average molecular weight is 369 g/mol. The highest BCUT2D eigenvalue weighted by Gasteiger charge is 2.31. The zero-order chi connectivity index (χ0) is 18.6. The van der Waals surface area contributed by atoms with Gasteiger partial charge in [-0.25, -0.2) is 4.39 Å². The molecule has 3 heterocycles. The van der Waals surface area contributed by atoms with Crippen LogP contribution in [0.1, 0.15) is 25.0 Å². The Kier molecular flexibility index (Phi) is 5.34. The maximum atomic E-state index is 13.5. The monoisotopic (exact) mass is 369 g/mol. The lowest BCUT2D eigenvalue weighted by Crippen LogP contribution is -2.42. The molecule has 4 rings (SSSR count). The van der Waals surface area contributed by atoms with Gasteiger partial charge in [-0.1, -0.05) is 6.07 Å². The fourth-order valence-corrected chi connectivity index (χ4v) is 4.10. The van der Waals surface area contributed by atoms with Crippen molar-refractivity contribution in [1.29, 1.82) is 0 Å². The maximum Gasteiger partial charge on any atom is 0.224 e. The van der Waals surface area contributed by atoms with Crippen LogP contribution in [0.5, 0.6) is 5.75 Å². The van der Waals surface area contributed by atoms with Crippen molar-refractivity contribution in [3.05, 3.63) is 54.1 Å². The minimum Gasteiger partial charge on any atom is -0.491 e. The normalized spacial score (nSPS) is 23.5. The summed E-state index contributed by atoms with van der Waals surface area (Å²) in [5.41, 5.74) is 1.49. The second-order valence-electron chi connectivity index (χ2n) is 7.39. The van der Waals surface area contributed by atoms with E-state index in [0.717, 1.165) is 38.2 Å². The molecule has 1 amide bonds. The molecule has 2 aromatic rings. The third-order valence-electron chi connectivity index (χ3n) is 5.50. The number of hydrogen-bond donors (Lipinski definition) is 1. The van der Waals surface area contributed by atoms with E-state index in [4.69, 9.17) is 4.74 Å². The lowest BCUT2D eigenvalue weighted by Gasteiger charge is -2.38. The van der Waals surface area contributed by atoms with Crippen LogP contribution in [0.15, 0.2) is 42.6 Å². The van der Waals surface area contributed by atoms with Gasteiger partial charge >= 0.3 is 0 Å². The van der Waals surface area contributed by atoms with E-state index in [-0.39, 0.29) is 11.7 Å². The summed E-state index contributed by atoms with van der Waals surface area (Å²) in [5.74, 6) is 0.805. The van der Waals surface area contributed by atoms with E-state index in [2.05, 4.69) is 15.2 Å². The van der Waals surface area contributed by atoms with Gasteiger partial charge in [0, 0.05) is 31.8 Å². The predicted octanol–water partition coefficient (Wildman–Crippen LogP) is 3.47. The van der Waals surface area contributed by atoms with E-state index < -0.39 is 0 Å². The summed E-state index contributed by atoms with van der Waals surface area (Å²) in [6.45, 7) is 3.29. The van der Waals surface area contributed by atoms with Gasteiger partial charge in [-0.3, -0.25) is 14.7 Å². The van der Waals surface area contributed by atoms with Crippen LogP contribution in [0, 0.1) is 17.7 Å². The number of carbonyl (C=O) groups is 1. The Hall–Kier alpha value is -2.47. The molecule has 5 nitrogen and oxygen atoms in total. The number of amides is 1. The molecule has 0 saturated carbocycles. The first-order valence-corrected chi connectivity index (χ1v) is 9.52. The number of fused-ring (bicyclic) bond motifs is 2. The summed E-state index contributed by atoms with van der Waals surface area (Å²) < 4.78 is 19.4. The molecule has 0 aliphatic carbocycles. The van der Waals surface area contributed by atoms with Crippen LogP contribution in [-0.4, -0.2) is 35.5 Å². The smallest absolute Gasteiger partial charge is 0.224 e. The predicted molar refractivity (Wildman–Crippen MR) is 101 cm³/mol. The highest BCUT2D eigenvalue weighted by atomic mass is 19.1. The highest BCUT2D eigenvalue weighted by molar-refractivity contribution is 5.92. The Balaban J connectivity index is 1.45. The lowest BCUT2D eigenvalue weighted by molar-refractivity contribution is -0.118. The Morgan fingerprint density at radius 2 is 2.15 bits per heavy atom. The molecule has 0 unspecified atom stereocenters. The van der Waals surface area contributed by atoms with Gasteiger partial charge in [0.05, 0.1) is 18.0 Å². The molecule has 6 heteroatoms. The van der Waals surface area contributed by atoms with E-state index in [1.54, 1.807) is 6.07 Å². The number of halogens is 1. The van der Waals surface area contributed by atoms with Gasteiger partial charge in [-0.2, -0.15) is 0 Å². The topological polar surface area (TPSA) is 54.5 Å². The summed E-state index contributed by atoms with van der Waals surface area (Å²) in [4.78, 5) is 19.3. The van der Waals surface area contributed by atoms with Crippen molar-refractivity contribution in [2.24, 2.45) is 11.8 Å². The average Bonchev–Trinajstić information content (AvgIpc) is 2.66. The molecular formula is C21H24FN3O2. The number of nitrogens with zero attached hydrogens (tertiary/aromatic N) is 2. The van der Waals surface area contributed by atoms with Crippen LogP contribution >= 0.6 is 0 Å². The number of piperidine rings is 1. The first-order valence-electron chi connectivity index (χ1n) is 9.52. The molecule has 1 saturated heterocycles. The quantitative estimate of drug-likeness (QED) is 0.881. The van der Waals surface area contributed by atoms with E-state index in [1.807, 2.05) is 24.4 Å². The van der Waals surface area contributed by atoms with Crippen molar-refractivity contribution in [2.75, 3.05) is 25.0 Å². The standard InChI is InChI=1S/C21H24FN3O2/c22-17-4-5-20-19(12-17)24-21(26)11-15-6-9-25(13-16(15)7-10-27-20)14-18-3-1-2-8-23-18/h1-5,8,12,15-16H,6-7,9-11,13-14H2,(H,24,26)/t15-,16-/m0/s1. The highest BCUT2D eigenvalue weighted by Crippen LogP contribution is 2.33. The Labute approximate surface area is 158 Å². The summed E-state index contributed by atoms with van der Waals surface area (Å²) >= 11 is 0. The van der Waals surface area contributed by atoms with Gasteiger partial charge in [-0.05, 0) is 55.5 Å². The van der Waals surface area contributed by atoms with Crippen LogP contribution in [0.25, 0.3) is 0 Å². The van der Waals surface area contributed by atoms with Gasteiger partial charge in [0.2, 0.25) is 5.91 Å². The largest absolute Gasteiger partial charge is 0.491 e. The van der Waals surface area contributed by atoms with Crippen molar-refractivity contribution in [3.63, 3.8) is 0 Å². The zero-order valence-corrected chi connectivity index (χ0v) is 15.2. The van der Waals surface area contributed by atoms with E-state index in [1.165, 1.54) is 12.1 Å². The number of ether oxygens (including phenoxy) is 1. The fourth-order valence-electron chi connectivity index (χ4n) is 4.10. The second-order valence-corrected chi connectivity index (χ2v) is 7.39. The molecule has 1 aromatic carbocycles. The number of carbonyl (C=O) groups excluding carboxylic acids is 1. The first-order chi connectivity index (χ1) is 13.2. The summed E-state index contributed by atoms with van der Waals surface area (Å²) in [5, 5.41) is 2.83. The van der Waals surface area contributed by atoms with Gasteiger partial charge in [0.1, 0.15) is 11.6 Å². The van der Waals surface area contributed by atoms with Crippen LogP contribution in [-0.2, 0) is 11.3 Å². The van der Waals surface area contributed by atoms with Crippen molar-refractivity contribution in [1.82, 2.24) is 9.88 Å². The second kappa shape index (κ2) is 8.05. The van der Waals surface area contributed by atoms with Crippen LogP contribution in [0.3, 0.4) is 0 Å². The van der Waals surface area contributed by atoms with Crippen LogP contribution in [0.4, 0.5) is 10.1 Å². The van der Waals surface area contributed by atoms with Crippen molar-refractivity contribution < 1.29 is 13.9 Å². The minimum absolute atomic E-state index is 0.0690. The SMILES string of the molecule is O=C1C[C@@H]2CCN(Cc3ccccn3)C[C@@H]2CCOc2ccc(F)cc2N1. The molecule has 2 aliphatic heterocycles. The molecule has 1 aromatic heterocycles. The van der Waals surface area contributed by atoms with Crippen LogP contribution < -0.4 is 10.1 Å². The van der Waals surface area contributed by atoms with E-state index in [9.17, 15) is 9.18 Å². The molecule has 1 N–H and O–H groups in total. The summed E-state index contributed by atoms with van der Waals surface area (Å²) in [7, 11) is 0. The summed E-state index contributed by atoms with van der Waals surface area (Å²) in [6, 6.07) is 10.2. The molecular weight excluding hydrogens is 345 g/mol. The van der Waals surface area contributed by atoms with E-state index >= 15 is 0 Å². The van der Waals surface area contributed by atoms with Crippen LogP contribution in [0.2, 0.25) is 0 Å². The van der Waals surface area contributed by atoms with Gasteiger partial charge in [-0.15, -0.1) is 0 Å². The number of aromatic nitrogens is 1. The third kappa shape index (κ3) is 4.45.